The fraction of sp³-hybridized carbons (Fsp3) is 0.300. The van der Waals surface area contributed by atoms with E-state index in [-0.39, 0.29) is 12.5 Å². The highest BCUT2D eigenvalue weighted by Crippen LogP contribution is 2.36. The normalized spacial score (nSPS) is 10.8. The van der Waals surface area contributed by atoms with Crippen molar-refractivity contribution in [3.05, 3.63) is 44.8 Å². The highest BCUT2D eigenvalue weighted by atomic mass is 79.9. The Morgan fingerprint density at radius 3 is 2.54 bits per heavy atom. The Kier molecular flexibility index (Phi) is 8.07. The van der Waals surface area contributed by atoms with Crippen LogP contribution in [0.15, 0.2) is 28.7 Å². The van der Waals surface area contributed by atoms with Crippen molar-refractivity contribution in [1.82, 2.24) is 0 Å². The smallest absolute Gasteiger partial charge is 0.341 e. The van der Waals surface area contributed by atoms with Gasteiger partial charge in [0.2, 0.25) is 5.91 Å². The minimum absolute atomic E-state index is 0.275. The topological polar surface area (TPSA) is 73.9 Å². The van der Waals surface area contributed by atoms with Crippen LogP contribution in [0.4, 0.5) is 5.00 Å². The van der Waals surface area contributed by atoms with E-state index >= 15 is 0 Å². The fourth-order valence-electron chi connectivity index (χ4n) is 2.43. The van der Waals surface area contributed by atoms with Crippen LogP contribution >= 0.6 is 27.3 Å². The van der Waals surface area contributed by atoms with Crippen molar-refractivity contribution in [2.75, 3.05) is 26.1 Å². The number of rotatable bonds is 8. The SMILES string of the molecule is CCOC(=O)c1cc(CC)sc1NC(=O)C=Cc1cc(Br)c(OC)c(OC)c1. The van der Waals surface area contributed by atoms with Crippen LogP contribution in [0.5, 0.6) is 11.5 Å². The Balaban J connectivity index is 2.19. The summed E-state index contributed by atoms with van der Waals surface area (Å²) in [6.45, 7) is 4.01. The Labute approximate surface area is 176 Å². The number of halogens is 1. The molecule has 0 saturated heterocycles. The lowest BCUT2D eigenvalue weighted by atomic mass is 10.2. The van der Waals surface area contributed by atoms with Gasteiger partial charge in [-0.3, -0.25) is 4.79 Å². The van der Waals surface area contributed by atoms with Gasteiger partial charge in [0.1, 0.15) is 5.00 Å². The van der Waals surface area contributed by atoms with Crippen LogP contribution in [0.1, 0.15) is 34.6 Å². The zero-order valence-electron chi connectivity index (χ0n) is 16.1. The number of amides is 1. The van der Waals surface area contributed by atoms with E-state index in [1.165, 1.54) is 17.4 Å². The summed E-state index contributed by atoms with van der Waals surface area (Å²) < 4.78 is 16.4. The molecule has 0 spiro atoms. The third kappa shape index (κ3) is 5.36. The molecule has 0 aliphatic carbocycles. The molecule has 2 aromatic rings. The second kappa shape index (κ2) is 10.3. The van der Waals surface area contributed by atoms with E-state index in [1.54, 1.807) is 39.4 Å². The Hall–Kier alpha value is -2.32. The quantitative estimate of drug-likeness (QED) is 0.440. The second-order valence-corrected chi connectivity index (χ2v) is 7.58. The molecule has 0 radical (unpaired) electrons. The lowest BCUT2D eigenvalue weighted by Gasteiger charge is -2.10. The summed E-state index contributed by atoms with van der Waals surface area (Å²) in [6, 6.07) is 5.33. The summed E-state index contributed by atoms with van der Waals surface area (Å²) in [5, 5.41) is 3.25. The van der Waals surface area contributed by atoms with E-state index < -0.39 is 5.97 Å². The molecule has 0 bridgehead atoms. The number of benzene rings is 1. The van der Waals surface area contributed by atoms with Crippen LogP contribution in [0.2, 0.25) is 0 Å². The fourth-order valence-corrected chi connectivity index (χ4v) is 4.04. The molecule has 8 heteroatoms. The number of esters is 1. The molecule has 0 saturated carbocycles. The van der Waals surface area contributed by atoms with Gasteiger partial charge in [0.25, 0.3) is 0 Å². The average Bonchev–Trinajstić information content (AvgIpc) is 3.09. The average molecular weight is 468 g/mol. The van der Waals surface area contributed by atoms with Gasteiger partial charge in [0, 0.05) is 11.0 Å². The lowest BCUT2D eigenvalue weighted by Crippen LogP contribution is -2.11. The summed E-state index contributed by atoms with van der Waals surface area (Å²) >= 11 is 4.79. The summed E-state index contributed by atoms with van der Waals surface area (Å²) in [7, 11) is 3.10. The number of aryl methyl sites for hydroxylation is 1. The molecule has 1 heterocycles. The number of thiophene rings is 1. The number of hydrogen-bond acceptors (Lipinski definition) is 6. The Morgan fingerprint density at radius 1 is 1.18 bits per heavy atom. The van der Waals surface area contributed by atoms with E-state index in [1.807, 2.05) is 13.0 Å². The number of hydrogen-bond donors (Lipinski definition) is 1. The Morgan fingerprint density at radius 2 is 1.93 bits per heavy atom. The van der Waals surface area contributed by atoms with Gasteiger partial charge < -0.3 is 19.5 Å². The molecule has 1 amide bonds. The van der Waals surface area contributed by atoms with E-state index in [0.29, 0.717) is 26.5 Å². The van der Waals surface area contributed by atoms with Crippen molar-refractivity contribution in [1.29, 1.82) is 0 Å². The van der Waals surface area contributed by atoms with Crippen LogP contribution in [0, 0.1) is 0 Å². The number of carbonyl (C=O) groups is 2. The molecule has 6 nitrogen and oxygen atoms in total. The molecule has 2 rings (SSSR count). The van der Waals surface area contributed by atoms with Crippen LogP contribution in [-0.4, -0.2) is 32.7 Å². The zero-order chi connectivity index (χ0) is 20.7. The summed E-state index contributed by atoms with van der Waals surface area (Å²) in [6.07, 6.45) is 3.82. The van der Waals surface area contributed by atoms with Crippen LogP contribution < -0.4 is 14.8 Å². The molecule has 1 aromatic carbocycles. The number of nitrogens with one attached hydrogen (secondary N) is 1. The molecule has 150 valence electrons. The molecule has 1 N–H and O–H groups in total. The highest BCUT2D eigenvalue weighted by molar-refractivity contribution is 9.10. The molecular weight excluding hydrogens is 446 g/mol. The Bertz CT molecular complexity index is 891. The molecule has 0 aliphatic rings. The van der Waals surface area contributed by atoms with E-state index in [0.717, 1.165) is 16.9 Å². The van der Waals surface area contributed by atoms with Crippen molar-refractivity contribution in [3.8, 4) is 11.5 Å². The molecule has 0 aliphatic heterocycles. The second-order valence-electron chi connectivity index (χ2n) is 5.59. The van der Waals surface area contributed by atoms with Gasteiger partial charge in [-0.05, 0) is 59.1 Å². The standard InChI is InChI=1S/C20H22BrNO5S/c1-5-13-11-14(20(24)27-6-2)19(28-13)22-17(23)8-7-12-9-15(21)18(26-4)16(10-12)25-3/h7-11H,5-6H2,1-4H3,(H,22,23). The number of carbonyl (C=O) groups excluding carboxylic acids is 2. The predicted molar refractivity (Wildman–Crippen MR) is 115 cm³/mol. The van der Waals surface area contributed by atoms with Crippen LogP contribution in [0.3, 0.4) is 0 Å². The lowest BCUT2D eigenvalue weighted by molar-refractivity contribution is -0.111. The largest absolute Gasteiger partial charge is 0.493 e. The monoisotopic (exact) mass is 467 g/mol. The van der Waals surface area contributed by atoms with Crippen molar-refractivity contribution in [3.63, 3.8) is 0 Å². The van der Waals surface area contributed by atoms with Gasteiger partial charge in [-0.15, -0.1) is 11.3 Å². The molecule has 1 aromatic heterocycles. The first-order valence-electron chi connectivity index (χ1n) is 8.63. The first kappa shape index (κ1) is 22.0. The van der Waals surface area contributed by atoms with E-state index in [2.05, 4.69) is 21.2 Å². The van der Waals surface area contributed by atoms with Gasteiger partial charge in [-0.2, -0.15) is 0 Å². The number of ether oxygens (including phenoxy) is 3. The first-order chi connectivity index (χ1) is 13.4. The van der Waals surface area contributed by atoms with Crippen molar-refractivity contribution < 1.29 is 23.8 Å². The van der Waals surface area contributed by atoms with Crippen LogP contribution in [-0.2, 0) is 16.0 Å². The highest BCUT2D eigenvalue weighted by Gasteiger charge is 2.18. The van der Waals surface area contributed by atoms with Crippen molar-refractivity contribution in [2.24, 2.45) is 0 Å². The van der Waals surface area contributed by atoms with Crippen LogP contribution in [0.25, 0.3) is 6.08 Å². The van der Waals surface area contributed by atoms with E-state index in [4.69, 9.17) is 14.2 Å². The van der Waals surface area contributed by atoms with Gasteiger partial charge in [-0.1, -0.05) is 6.92 Å². The predicted octanol–water partition coefficient (Wildman–Crippen LogP) is 4.92. The third-order valence-corrected chi connectivity index (χ3v) is 5.53. The van der Waals surface area contributed by atoms with Crippen molar-refractivity contribution in [2.45, 2.75) is 20.3 Å². The van der Waals surface area contributed by atoms with Gasteiger partial charge in [0.15, 0.2) is 11.5 Å². The molecule has 0 fully saturated rings. The number of anilines is 1. The number of methoxy groups -OCH3 is 2. The van der Waals surface area contributed by atoms with Gasteiger partial charge >= 0.3 is 5.97 Å². The van der Waals surface area contributed by atoms with Gasteiger partial charge in [-0.25, -0.2) is 4.79 Å². The summed E-state index contributed by atoms with van der Waals surface area (Å²) in [4.78, 5) is 25.5. The van der Waals surface area contributed by atoms with Gasteiger partial charge in [0.05, 0.1) is 30.9 Å². The summed E-state index contributed by atoms with van der Waals surface area (Å²) in [5.74, 6) is 0.337. The maximum Gasteiger partial charge on any atom is 0.341 e. The molecule has 0 atom stereocenters. The minimum Gasteiger partial charge on any atom is -0.493 e. The maximum absolute atomic E-state index is 12.4. The van der Waals surface area contributed by atoms with E-state index in [9.17, 15) is 9.59 Å². The molecular formula is C20H22BrNO5S. The first-order valence-corrected chi connectivity index (χ1v) is 10.2. The minimum atomic E-state index is -0.443. The molecule has 0 unspecified atom stereocenters. The molecule has 28 heavy (non-hydrogen) atoms. The maximum atomic E-state index is 12.4. The third-order valence-electron chi connectivity index (χ3n) is 3.75. The summed E-state index contributed by atoms with van der Waals surface area (Å²) in [5.41, 5.74) is 1.13. The zero-order valence-corrected chi connectivity index (χ0v) is 18.5. The van der Waals surface area contributed by atoms with Crippen molar-refractivity contribution >= 4 is 50.2 Å².